The van der Waals surface area contributed by atoms with Crippen molar-refractivity contribution in [3.05, 3.63) is 0 Å². The maximum absolute atomic E-state index is 6.00. The number of hydrogen-bond donors (Lipinski definition) is 1. The van der Waals surface area contributed by atoms with E-state index in [2.05, 4.69) is 25.1 Å². The van der Waals surface area contributed by atoms with E-state index in [9.17, 15) is 0 Å². The van der Waals surface area contributed by atoms with Crippen LogP contribution in [-0.4, -0.2) is 24.8 Å². The predicted octanol–water partition coefficient (Wildman–Crippen LogP) is 2.73. The van der Waals surface area contributed by atoms with Gasteiger partial charge < -0.3 is 10.1 Å². The van der Waals surface area contributed by atoms with Crippen LogP contribution in [0.3, 0.4) is 0 Å². The predicted molar refractivity (Wildman–Crippen MR) is 68.4 cm³/mol. The van der Waals surface area contributed by atoms with Gasteiger partial charge in [0.05, 0.1) is 5.60 Å². The fourth-order valence-corrected chi connectivity index (χ4v) is 2.51. The van der Waals surface area contributed by atoms with Crippen LogP contribution in [-0.2, 0) is 4.74 Å². The first kappa shape index (κ1) is 13.5. The van der Waals surface area contributed by atoms with Gasteiger partial charge in [-0.05, 0) is 45.6 Å². The summed E-state index contributed by atoms with van der Waals surface area (Å²) in [4.78, 5) is 0. The van der Waals surface area contributed by atoms with Gasteiger partial charge in [-0.2, -0.15) is 0 Å². The number of rotatable bonds is 6. The third-order valence-electron chi connectivity index (χ3n) is 3.50. The van der Waals surface area contributed by atoms with Crippen LogP contribution in [0.15, 0.2) is 0 Å². The lowest BCUT2D eigenvalue weighted by molar-refractivity contribution is -0.0899. The highest BCUT2D eigenvalue weighted by molar-refractivity contribution is 4.92. The number of hydrogen-bond acceptors (Lipinski definition) is 2. The average molecular weight is 223 g/mol. The van der Waals surface area contributed by atoms with Crippen molar-refractivity contribution in [2.75, 3.05) is 13.2 Å². The van der Waals surface area contributed by atoms with E-state index in [4.69, 9.17) is 11.2 Å². The second-order valence-corrected chi connectivity index (χ2v) is 4.82. The van der Waals surface area contributed by atoms with Crippen molar-refractivity contribution in [3.8, 4) is 12.3 Å². The van der Waals surface area contributed by atoms with E-state index in [-0.39, 0.29) is 5.60 Å². The Bertz CT molecular complexity index is 225. The van der Waals surface area contributed by atoms with Gasteiger partial charge in [-0.3, -0.25) is 0 Å². The highest BCUT2D eigenvalue weighted by Gasteiger charge is 2.35. The van der Waals surface area contributed by atoms with Crippen LogP contribution in [0, 0.1) is 12.3 Å². The summed E-state index contributed by atoms with van der Waals surface area (Å²) in [5, 5.41) is 3.56. The number of terminal acetylenes is 1. The number of likely N-dealkylation sites (N-methyl/N-ethyl adjacent to an activating group) is 1. The monoisotopic (exact) mass is 223 g/mol. The van der Waals surface area contributed by atoms with E-state index >= 15 is 0 Å². The van der Waals surface area contributed by atoms with Crippen molar-refractivity contribution in [3.63, 3.8) is 0 Å². The van der Waals surface area contributed by atoms with E-state index in [0.717, 1.165) is 32.4 Å². The smallest absolute Gasteiger partial charge is 0.0806 e. The number of ether oxygens (including phenoxy) is 1. The second-order valence-electron chi connectivity index (χ2n) is 4.82. The zero-order valence-corrected chi connectivity index (χ0v) is 10.7. The minimum absolute atomic E-state index is 0.0167. The fraction of sp³-hybridized carbons (Fsp3) is 0.857. The Balaban J connectivity index is 2.49. The van der Waals surface area contributed by atoms with Crippen molar-refractivity contribution < 1.29 is 4.74 Å². The summed E-state index contributed by atoms with van der Waals surface area (Å²) in [6, 6.07) is 0.450. The van der Waals surface area contributed by atoms with Crippen LogP contribution in [0.4, 0.5) is 0 Å². The molecule has 2 atom stereocenters. The second kappa shape index (κ2) is 6.93. The Morgan fingerprint density at radius 3 is 2.88 bits per heavy atom. The van der Waals surface area contributed by atoms with Gasteiger partial charge >= 0.3 is 0 Å². The third-order valence-corrected chi connectivity index (χ3v) is 3.50. The molecule has 1 fully saturated rings. The summed E-state index contributed by atoms with van der Waals surface area (Å²) >= 11 is 0. The van der Waals surface area contributed by atoms with Crippen molar-refractivity contribution in [2.24, 2.45) is 0 Å². The molecule has 0 aromatic rings. The van der Waals surface area contributed by atoms with Gasteiger partial charge in [0.2, 0.25) is 0 Å². The molecule has 0 amide bonds. The van der Waals surface area contributed by atoms with E-state index in [1.165, 1.54) is 19.3 Å². The summed E-state index contributed by atoms with van der Waals surface area (Å²) in [5.74, 6) is 2.71. The first-order valence-corrected chi connectivity index (χ1v) is 6.53. The molecule has 2 unspecified atom stereocenters. The molecule has 0 saturated carbocycles. The van der Waals surface area contributed by atoms with Crippen molar-refractivity contribution in [1.29, 1.82) is 0 Å². The Hall–Kier alpha value is -0.520. The molecular formula is C14H25NO. The molecular weight excluding hydrogens is 198 g/mol. The molecule has 1 rings (SSSR count). The van der Waals surface area contributed by atoms with Crippen LogP contribution in [0.2, 0.25) is 0 Å². The molecule has 16 heavy (non-hydrogen) atoms. The Morgan fingerprint density at radius 2 is 2.31 bits per heavy atom. The maximum Gasteiger partial charge on any atom is 0.0806 e. The van der Waals surface area contributed by atoms with E-state index in [1.54, 1.807) is 0 Å². The summed E-state index contributed by atoms with van der Waals surface area (Å²) < 4.78 is 6.00. The molecule has 2 nitrogen and oxygen atoms in total. The summed E-state index contributed by atoms with van der Waals surface area (Å²) in [6.07, 6.45) is 12.0. The molecule has 1 aliphatic rings. The minimum atomic E-state index is 0.0167. The summed E-state index contributed by atoms with van der Waals surface area (Å²) in [5.41, 5.74) is 0.0167. The largest absolute Gasteiger partial charge is 0.374 e. The molecule has 0 aromatic heterocycles. The van der Waals surface area contributed by atoms with Gasteiger partial charge in [-0.25, -0.2) is 0 Å². The third kappa shape index (κ3) is 3.81. The summed E-state index contributed by atoms with van der Waals surface area (Å²) in [6.45, 7) is 6.31. The zero-order chi connectivity index (χ0) is 11.9. The highest BCUT2D eigenvalue weighted by atomic mass is 16.5. The molecule has 2 heteroatoms. The molecule has 1 N–H and O–H groups in total. The molecule has 1 saturated heterocycles. The Labute approximate surface area is 100 Å². The Morgan fingerprint density at radius 1 is 1.50 bits per heavy atom. The number of unbranched alkanes of at least 4 members (excludes halogenated alkanes) is 1. The Kier molecular flexibility index (Phi) is 5.87. The quantitative estimate of drug-likeness (QED) is 0.552. The van der Waals surface area contributed by atoms with Crippen LogP contribution in [0.5, 0.6) is 0 Å². The van der Waals surface area contributed by atoms with Crippen LogP contribution < -0.4 is 5.32 Å². The van der Waals surface area contributed by atoms with Gasteiger partial charge in [-0.15, -0.1) is 12.3 Å². The number of nitrogens with one attached hydrogen (secondary N) is 1. The van der Waals surface area contributed by atoms with E-state index in [1.807, 2.05) is 0 Å². The molecule has 1 aliphatic heterocycles. The van der Waals surface area contributed by atoms with Crippen LogP contribution in [0.25, 0.3) is 0 Å². The van der Waals surface area contributed by atoms with Crippen molar-refractivity contribution in [1.82, 2.24) is 5.32 Å². The molecule has 0 radical (unpaired) electrons. The lowest BCUT2D eigenvalue weighted by Gasteiger charge is -2.41. The summed E-state index contributed by atoms with van der Waals surface area (Å²) in [7, 11) is 0. The highest BCUT2D eigenvalue weighted by Crippen LogP contribution is 2.30. The first-order chi connectivity index (χ1) is 7.73. The van der Waals surface area contributed by atoms with Crippen molar-refractivity contribution in [2.45, 2.75) is 64.0 Å². The molecule has 0 spiro atoms. The molecule has 0 aromatic carbocycles. The lowest BCUT2D eigenvalue weighted by atomic mass is 9.85. The average Bonchev–Trinajstić information content (AvgIpc) is 2.29. The zero-order valence-electron chi connectivity index (χ0n) is 10.7. The SMILES string of the molecule is C#CCCCC(NCC)C1(C)CCCCO1. The normalized spacial score (nSPS) is 27.3. The fourth-order valence-electron chi connectivity index (χ4n) is 2.51. The molecule has 0 aliphatic carbocycles. The van der Waals surface area contributed by atoms with Gasteiger partial charge in [0, 0.05) is 19.1 Å². The van der Waals surface area contributed by atoms with Crippen LogP contribution in [0.1, 0.15) is 52.4 Å². The van der Waals surface area contributed by atoms with Gasteiger partial charge in [0.15, 0.2) is 0 Å². The van der Waals surface area contributed by atoms with Crippen LogP contribution >= 0.6 is 0 Å². The van der Waals surface area contributed by atoms with Crippen molar-refractivity contribution >= 4 is 0 Å². The standard InChI is InChI=1S/C14H25NO/c1-4-6-7-10-13(15-5-2)14(3)11-8-9-12-16-14/h1,13,15H,5-12H2,2-3H3. The minimum Gasteiger partial charge on any atom is -0.374 e. The molecule has 0 bridgehead atoms. The lowest BCUT2D eigenvalue weighted by Crippen LogP contribution is -2.52. The maximum atomic E-state index is 6.00. The topological polar surface area (TPSA) is 21.3 Å². The van der Waals surface area contributed by atoms with Gasteiger partial charge in [-0.1, -0.05) is 6.92 Å². The van der Waals surface area contributed by atoms with Gasteiger partial charge in [0.1, 0.15) is 0 Å². The first-order valence-electron chi connectivity index (χ1n) is 6.53. The van der Waals surface area contributed by atoms with E-state index < -0.39 is 0 Å². The molecule has 92 valence electrons. The molecule has 1 heterocycles. The van der Waals surface area contributed by atoms with Gasteiger partial charge in [0.25, 0.3) is 0 Å². The van der Waals surface area contributed by atoms with E-state index in [0.29, 0.717) is 6.04 Å².